The molecule has 0 amide bonds. The van der Waals surface area contributed by atoms with Gasteiger partial charge < -0.3 is 4.74 Å². The highest BCUT2D eigenvalue weighted by atomic mass is 79.9. The van der Waals surface area contributed by atoms with Crippen molar-refractivity contribution in [2.24, 2.45) is 0 Å². The maximum Gasteiger partial charge on any atom is 0.393 e. The van der Waals surface area contributed by atoms with E-state index in [2.05, 4.69) is 20.7 Å². The van der Waals surface area contributed by atoms with E-state index in [0.29, 0.717) is 0 Å². The highest BCUT2D eigenvalue weighted by molar-refractivity contribution is 9.09. The van der Waals surface area contributed by atoms with E-state index >= 15 is 0 Å². The molecule has 0 aromatic carbocycles. The standard InChI is InChI=1S/C4H6BrNO4/c1-2-10-4(7)3(5)6(8)9/h3H,2H2,1H3. The summed E-state index contributed by atoms with van der Waals surface area (Å²) in [6.07, 6.45) is 0. The number of carbonyl (C=O) groups excluding carboxylic acids is 1. The first-order chi connectivity index (χ1) is 4.59. The van der Waals surface area contributed by atoms with Gasteiger partial charge in [0.15, 0.2) is 0 Å². The molecule has 1 atom stereocenters. The monoisotopic (exact) mass is 211 g/mol. The van der Waals surface area contributed by atoms with Crippen molar-refractivity contribution in [3.05, 3.63) is 10.1 Å². The summed E-state index contributed by atoms with van der Waals surface area (Å²) in [6.45, 7) is 1.73. The zero-order valence-corrected chi connectivity index (χ0v) is 6.83. The average molecular weight is 212 g/mol. The maximum atomic E-state index is 10.5. The molecule has 5 nitrogen and oxygen atoms in total. The molecule has 0 aromatic heterocycles. The predicted molar refractivity (Wildman–Crippen MR) is 36.3 cm³/mol. The minimum absolute atomic E-state index is 0.148. The third kappa shape index (κ3) is 2.77. The second-order valence-electron chi connectivity index (χ2n) is 1.37. The summed E-state index contributed by atoms with van der Waals surface area (Å²) < 4.78 is 4.34. The SMILES string of the molecule is CCOC(=O)C(Br)[N+](=O)[O-]. The smallest absolute Gasteiger partial charge is 0.393 e. The van der Waals surface area contributed by atoms with Crippen LogP contribution in [0.2, 0.25) is 0 Å². The molecule has 0 heterocycles. The van der Waals surface area contributed by atoms with E-state index in [0.717, 1.165) is 0 Å². The summed E-state index contributed by atoms with van der Waals surface area (Å²) in [5.41, 5.74) is 0. The number of hydrogen-bond donors (Lipinski definition) is 0. The molecule has 58 valence electrons. The fourth-order valence-electron chi connectivity index (χ4n) is 0.297. The van der Waals surface area contributed by atoms with E-state index in [4.69, 9.17) is 0 Å². The van der Waals surface area contributed by atoms with Gasteiger partial charge >= 0.3 is 10.9 Å². The Morgan fingerprint density at radius 1 is 1.90 bits per heavy atom. The molecule has 0 aromatic rings. The fourth-order valence-corrected chi connectivity index (χ4v) is 0.429. The van der Waals surface area contributed by atoms with Gasteiger partial charge in [0, 0.05) is 20.9 Å². The first kappa shape index (κ1) is 9.35. The number of alkyl halides is 1. The van der Waals surface area contributed by atoms with Crippen LogP contribution in [0.5, 0.6) is 0 Å². The summed E-state index contributed by atoms with van der Waals surface area (Å²) in [5, 5.41) is 9.87. The number of carbonyl (C=O) groups is 1. The molecule has 0 bridgehead atoms. The maximum absolute atomic E-state index is 10.5. The fraction of sp³-hybridized carbons (Fsp3) is 0.750. The minimum Gasteiger partial charge on any atom is -0.460 e. The van der Waals surface area contributed by atoms with Crippen LogP contribution in [0, 0.1) is 10.1 Å². The van der Waals surface area contributed by atoms with E-state index in [-0.39, 0.29) is 6.61 Å². The van der Waals surface area contributed by atoms with Crippen molar-refractivity contribution in [1.29, 1.82) is 0 Å². The summed E-state index contributed by atoms with van der Waals surface area (Å²) in [4.78, 5) is 18.1. The number of esters is 1. The number of halogens is 1. The highest BCUT2D eigenvalue weighted by Crippen LogP contribution is 2.01. The molecular weight excluding hydrogens is 206 g/mol. The van der Waals surface area contributed by atoms with Crippen LogP contribution < -0.4 is 0 Å². The van der Waals surface area contributed by atoms with Crippen LogP contribution in [0.15, 0.2) is 0 Å². The van der Waals surface area contributed by atoms with E-state index in [1.807, 2.05) is 0 Å². The molecule has 0 aliphatic heterocycles. The molecule has 0 aliphatic rings. The summed E-state index contributed by atoms with van der Waals surface area (Å²) in [6, 6.07) is 0. The van der Waals surface area contributed by atoms with Crippen LogP contribution in [-0.2, 0) is 9.53 Å². The molecule has 1 unspecified atom stereocenters. The van der Waals surface area contributed by atoms with Gasteiger partial charge in [-0.25, -0.2) is 4.79 Å². The Hall–Kier alpha value is -0.650. The van der Waals surface area contributed by atoms with E-state index in [1.54, 1.807) is 6.92 Å². The van der Waals surface area contributed by atoms with Gasteiger partial charge in [0.1, 0.15) is 0 Å². The molecule has 10 heavy (non-hydrogen) atoms. The number of rotatable bonds is 3. The lowest BCUT2D eigenvalue weighted by Crippen LogP contribution is -2.25. The molecule has 6 heteroatoms. The lowest BCUT2D eigenvalue weighted by atomic mass is 10.7. The molecule has 0 N–H and O–H groups in total. The van der Waals surface area contributed by atoms with E-state index in [9.17, 15) is 14.9 Å². The van der Waals surface area contributed by atoms with Gasteiger partial charge in [0.2, 0.25) is 0 Å². The number of hydrogen-bond acceptors (Lipinski definition) is 4. The number of nitrogens with zero attached hydrogens (tertiary/aromatic N) is 1. The number of nitro groups is 1. The largest absolute Gasteiger partial charge is 0.460 e. The molecule has 0 saturated heterocycles. The Morgan fingerprint density at radius 2 is 2.40 bits per heavy atom. The van der Waals surface area contributed by atoms with Crippen LogP contribution in [-0.4, -0.2) is 22.5 Å². The molecule has 0 fully saturated rings. The Bertz CT molecular complexity index is 148. The van der Waals surface area contributed by atoms with Crippen LogP contribution in [0.4, 0.5) is 0 Å². The van der Waals surface area contributed by atoms with Gasteiger partial charge in [-0.05, 0) is 6.92 Å². The lowest BCUT2D eigenvalue weighted by Gasteiger charge is -1.99. The first-order valence-corrected chi connectivity index (χ1v) is 3.45. The topological polar surface area (TPSA) is 69.4 Å². The number of ether oxygens (including phenoxy) is 1. The summed E-state index contributed by atoms with van der Waals surface area (Å²) in [5.74, 6) is -0.868. The summed E-state index contributed by atoms with van der Waals surface area (Å²) >= 11 is 2.53. The summed E-state index contributed by atoms with van der Waals surface area (Å²) in [7, 11) is 0. The normalized spacial score (nSPS) is 12.2. The zero-order chi connectivity index (χ0) is 8.15. The van der Waals surface area contributed by atoms with E-state index < -0.39 is 15.8 Å². The molecular formula is C4H6BrNO4. The Kier molecular flexibility index (Phi) is 3.94. The average Bonchev–Trinajstić information content (AvgIpc) is 1.87. The van der Waals surface area contributed by atoms with E-state index in [1.165, 1.54) is 0 Å². The van der Waals surface area contributed by atoms with Crippen LogP contribution in [0.3, 0.4) is 0 Å². The first-order valence-electron chi connectivity index (χ1n) is 2.53. The van der Waals surface area contributed by atoms with Crippen molar-refractivity contribution in [3.63, 3.8) is 0 Å². The van der Waals surface area contributed by atoms with Gasteiger partial charge in [0.05, 0.1) is 6.61 Å². The van der Waals surface area contributed by atoms with Gasteiger partial charge in [-0.1, -0.05) is 0 Å². The van der Waals surface area contributed by atoms with Crippen LogP contribution >= 0.6 is 15.9 Å². The molecule has 0 spiro atoms. The third-order valence-electron chi connectivity index (χ3n) is 0.666. The molecule has 0 saturated carbocycles. The van der Waals surface area contributed by atoms with Crippen molar-refractivity contribution >= 4 is 21.9 Å². The molecule has 0 aliphatic carbocycles. The zero-order valence-electron chi connectivity index (χ0n) is 5.24. The Balaban J connectivity index is 3.82. The lowest BCUT2D eigenvalue weighted by molar-refractivity contribution is -0.482. The second kappa shape index (κ2) is 4.21. The quantitative estimate of drug-likeness (QED) is 0.225. The van der Waals surface area contributed by atoms with Gasteiger partial charge in [-0.2, -0.15) is 0 Å². The molecule has 0 radical (unpaired) electrons. The van der Waals surface area contributed by atoms with Gasteiger partial charge in [-0.3, -0.25) is 10.1 Å². The second-order valence-corrected chi connectivity index (χ2v) is 2.24. The third-order valence-corrected chi connectivity index (χ3v) is 1.37. The Labute approximate surface area is 65.6 Å². The van der Waals surface area contributed by atoms with Crippen molar-refractivity contribution in [2.75, 3.05) is 6.61 Å². The highest BCUT2D eigenvalue weighted by Gasteiger charge is 2.26. The van der Waals surface area contributed by atoms with Crippen molar-refractivity contribution in [1.82, 2.24) is 0 Å². The van der Waals surface area contributed by atoms with Crippen molar-refractivity contribution < 1.29 is 14.5 Å². The molecule has 0 rings (SSSR count). The minimum atomic E-state index is -1.44. The Morgan fingerprint density at radius 3 is 2.70 bits per heavy atom. The van der Waals surface area contributed by atoms with Crippen LogP contribution in [0.25, 0.3) is 0 Å². The van der Waals surface area contributed by atoms with Gasteiger partial charge in [-0.15, -0.1) is 0 Å². The predicted octanol–water partition coefficient (Wildman–Crippen LogP) is 0.547. The van der Waals surface area contributed by atoms with Gasteiger partial charge in [0.25, 0.3) is 0 Å². The van der Waals surface area contributed by atoms with Crippen molar-refractivity contribution in [3.8, 4) is 0 Å². The van der Waals surface area contributed by atoms with Crippen LogP contribution in [0.1, 0.15) is 6.92 Å². The van der Waals surface area contributed by atoms with Crippen molar-refractivity contribution in [2.45, 2.75) is 11.9 Å².